The van der Waals surface area contributed by atoms with Crippen LogP contribution in [0.15, 0.2) is 60.9 Å². The van der Waals surface area contributed by atoms with Crippen molar-refractivity contribution in [2.75, 3.05) is 31.1 Å². The van der Waals surface area contributed by atoms with E-state index in [0.29, 0.717) is 43.1 Å². The van der Waals surface area contributed by atoms with Crippen LogP contribution in [0.5, 0.6) is 0 Å². The number of benzene rings is 1. The van der Waals surface area contributed by atoms with Crippen molar-refractivity contribution < 1.29 is 9.18 Å². The summed E-state index contributed by atoms with van der Waals surface area (Å²) in [7, 11) is 0. The number of aromatic nitrogens is 5. The van der Waals surface area contributed by atoms with Gasteiger partial charge < -0.3 is 9.80 Å². The van der Waals surface area contributed by atoms with Gasteiger partial charge in [-0.1, -0.05) is 18.2 Å². The Kier molecular flexibility index (Phi) is 5.45. The number of halogens is 1. The van der Waals surface area contributed by atoms with Crippen LogP contribution in [-0.2, 0) is 11.2 Å². The van der Waals surface area contributed by atoms with E-state index in [1.165, 1.54) is 12.1 Å². The molecule has 1 saturated heterocycles. The standard InChI is InChI=1S/C23H22FN7O/c24-19-6-1-5-18(15-19)23-27-26-20-7-8-21(28-31(20)23)29-10-3-11-30(13-12-29)22(32)14-17-4-2-9-25-16-17/h1-2,4-9,15-16H,3,10-14H2. The fraction of sp³-hybridized carbons (Fsp3) is 0.261. The zero-order valence-corrected chi connectivity index (χ0v) is 17.4. The maximum atomic E-state index is 13.7. The molecule has 1 amide bonds. The molecule has 3 aromatic heterocycles. The van der Waals surface area contributed by atoms with Crippen LogP contribution in [0, 0.1) is 5.82 Å². The summed E-state index contributed by atoms with van der Waals surface area (Å²) in [4.78, 5) is 20.9. The van der Waals surface area contributed by atoms with Crippen LogP contribution in [0.4, 0.5) is 10.2 Å². The SMILES string of the molecule is O=C(Cc1cccnc1)N1CCCN(c2ccc3nnc(-c4cccc(F)c4)n3n2)CC1. The molecular weight excluding hydrogens is 409 g/mol. The first-order valence-electron chi connectivity index (χ1n) is 10.6. The zero-order chi connectivity index (χ0) is 21.9. The lowest BCUT2D eigenvalue weighted by atomic mass is 10.2. The number of anilines is 1. The third-order valence-corrected chi connectivity index (χ3v) is 5.58. The fourth-order valence-electron chi connectivity index (χ4n) is 3.94. The summed E-state index contributed by atoms with van der Waals surface area (Å²) in [6.45, 7) is 2.79. The van der Waals surface area contributed by atoms with Crippen LogP contribution in [-0.4, -0.2) is 61.8 Å². The lowest BCUT2D eigenvalue weighted by Gasteiger charge is -2.23. The molecule has 1 aliphatic rings. The Hall–Kier alpha value is -3.88. The minimum absolute atomic E-state index is 0.107. The quantitative estimate of drug-likeness (QED) is 0.494. The van der Waals surface area contributed by atoms with Gasteiger partial charge in [-0.05, 0) is 42.3 Å². The minimum atomic E-state index is -0.334. The first-order valence-corrected chi connectivity index (χ1v) is 10.6. The van der Waals surface area contributed by atoms with Crippen LogP contribution >= 0.6 is 0 Å². The normalized spacial score (nSPS) is 14.5. The van der Waals surface area contributed by atoms with Crippen molar-refractivity contribution >= 4 is 17.4 Å². The molecule has 8 nitrogen and oxygen atoms in total. The van der Waals surface area contributed by atoms with E-state index in [9.17, 15) is 9.18 Å². The van der Waals surface area contributed by atoms with Gasteiger partial charge in [-0.2, -0.15) is 4.52 Å². The summed E-state index contributed by atoms with van der Waals surface area (Å²) >= 11 is 0. The molecule has 1 fully saturated rings. The highest BCUT2D eigenvalue weighted by Gasteiger charge is 2.21. The molecule has 0 radical (unpaired) electrons. The van der Waals surface area contributed by atoms with Gasteiger partial charge in [0.2, 0.25) is 5.91 Å². The highest BCUT2D eigenvalue weighted by atomic mass is 19.1. The second-order valence-electron chi connectivity index (χ2n) is 7.75. The summed E-state index contributed by atoms with van der Waals surface area (Å²) in [6, 6.07) is 13.8. The average molecular weight is 431 g/mol. The van der Waals surface area contributed by atoms with Gasteiger partial charge in [0, 0.05) is 44.1 Å². The van der Waals surface area contributed by atoms with Gasteiger partial charge in [0.15, 0.2) is 11.5 Å². The third kappa shape index (κ3) is 4.14. The van der Waals surface area contributed by atoms with Gasteiger partial charge >= 0.3 is 0 Å². The molecule has 9 heteroatoms. The van der Waals surface area contributed by atoms with E-state index >= 15 is 0 Å². The Balaban J connectivity index is 1.33. The van der Waals surface area contributed by atoms with E-state index in [2.05, 4.69) is 20.1 Å². The van der Waals surface area contributed by atoms with E-state index in [1.54, 1.807) is 29.0 Å². The van der Waals surface area contributed by atoms with Crippen LogP contribution < -0.4 is 4.90 Å². The zero-order valence-electron chi connectivity index (χ0n) is 17.4. The first kappa shape index (κ1) is 20.0. The van der Waals surface area contributed by atoms with E-state index in [4.69, 9.17) is 5.10 Å². The van der Waals surface area contributed by atoms with Gasteiger partial charge in [-0.3, -0.25) is 9.78 Å². The van der Waals surface area contributed by atoms with Crippen molar-refractivity contribution in [3.8, 4) is 11.4 Å². The van der Waals surface area contributed by atoms with Gasteiger partial charge in [0.25, 0.3) is 0 Å². The lowest BCUT2D eigenvalue weighted by molar-refractivity contribution is -0.130. The molecule has 32 heavy (non-hydrogen) atoms. The molecular formula is C23H22FN7O. The maximum absolute atomic E-state index is 13.7. The maximum Gasteiger partial charge on any atom is 0.227 e. The second-order valence-corrected chi connectivity index (χ2v) is 7.75. The average Bonchev–Trinajstić information content (AvgIpc) is 3.07. The van der Waals surface area contributed by atoms with Crippen LogP contribution in [0.1, 0.15) is 12.0 Å². The number of pyridine rings is 1. The Morgan fingerprint density at radius 3 is 2.78 bits per heavy atom. The van der Waals surface area contributed by atoms with E-state index in [1.807, 2.05) is 29.2 Å². The summed E-state index contributed by atoms with van der Waals surface area (Å²) in [5, 5.41) is 13.1. The largest absolute Gasteiger partial charge is 0.353 e. The van der Waals surface area contributed by atoms with Gasteiger partial charge in [0.05, 0.1) is 6.42 Å². The molecule has 5 rings (SSSR count). The van der Waals surface area contributed by atoms with E-state index in [-0.39, 0.29) is 11.7 Å². The molecule has 4 heterocycles. The van der Waals surface area contributed by atoms with Gasteiger partial charge in [0.1, 0.15) is 11.6 Å². The second kappa shape index (κ2) is 8.70. The summed E-state index contributed by atoms with van der Waals surface area (Å²) < 4.78 is 15.3. The first-order chi connectivity index (χ1) is 15.7. The highest BCUT2D eigenvalue weighted by molar-refractivity contribution is 5.78. The molecule has 4 aromatic rings. The smallest absolute Gasteiger partial charge is 0.227 e. The number of nitrogens with zero attached hydrogens (tertiary/aromatic N) is 7. The van der Waals surface area contributed by atoms with Crippen molar-refractivity contribution in [3.05, 3.63) is 72.3 Å². The Morgan fingerprint density at radius 1 is 1.00 bits per heavy atom. The molecule has 0 N–H and O–H groups in total. The number of hydrogen-bond donors (Lipinski definition) is 0. The van der Waals surface area contributed by atoms with E-state index in [0.717, 1.165) is 24.3 Å². The number of carbonyl (C=O) groups excluding carboxylic acids is 1. The molecule has 1 aliphatic heterocycles. The molecule has 0 unspecified atom stereocenters. The highest BCUT2D eigenvalue weighted by Crippen LogP contribution is 2.21. The number of amides is 1. The van der Waals surface area contributed by atoms with E-state index < -0.39 is 0 Å². The van der Waals surface area contributed by atoms with Crippen LogP contribution in [0.2, 0.25) is 0 Å². The van der Waals surface area contributed by atoms with Gasteiger partial charge in [-0.25, -0.2) is 4.39 Å². The van der Waals surface area contributed by atoms with Crippen molar-refractivity contribution in [2.24, 2.45) is 0 Å². The Bertz CT molecular complexity index is 1240. The summed E-state index contributed by atoms with van der Waals surface area (Å²) in [5.41, 5.74) is 2.13. The molecule has 0 atom stereocenters. The molecule has 1 aromatic carbocycles. The molecule has 0 saturated carbocycles. The van der Waals surface area contributed by atoms with Crippen molar-refractivity contribution in [3.63, 3.8) is 0 Å². The number of fused-ring (bicyclic) bond motifs is 1. The predicted octanol–water partition coefficient (Wildman–Crippen LogP) is 2.61. The van der Waals surface area contributed by atoms with Crippen molar-refractivity contribution in [1.82, 2.24) is 29.7 Å². The van der Waals surface area contributed by atoms with Crippen LogP contribution in [0.3, 0.4) is 0 Å². The minimum Gasteiger partial charge on any atom is -0.353 e. The molecule has 162 valence electrons. The third-order valence-electron chi connectivity index (χ3n) is 5.58. The topological polar surface area (TPSA) is 79.5 Å². The summed E-state index contributed by atoms with van der Waals surface area (Å²) in [5.74, 6) is 1.04. The monoisotopic (exact) mass is 431 g/mol. The Morgan fingerprint density at radius 2 is 1.94 bits per heavy atom. The van der Waals surface area contributed by atoms with Crippen LogP contribution in [0.25, 0.3) is 17.0 Å². The summed E-state index contributed by atoms with van der Waals surface area (Å²) in [6.07, 6.45) is 4.64. The fourth-order valence-corrected chi connectivity index (χ4v) is 3.94. The van der Waals surface area contributed by atoms with Crippen molar-refractivity contribution in [2.45, 2.75) is 12.8 Å². The Labute approximate surface area is 184 Å². The number of hydrogen-bond acceptors (Lipinski definition) is 6. The molecule has 0 bridgehead atoms. The van der Waals surface area contributed by atoms with Gasteiger partial charge in [-0.15, -0.1) is 15.3 Å². The van der Waals surface area contributed by atoms with Crippen molar-refractivity contribution in [1.29, 1.82) is 0 Å². The molecule has 0 spiro atoms. The number of rotatable bonds is 4. The lowest BCUT2D eigenvalue weighted by Crippen LogP contribution is -2.36. The molecule has 0 aliphatic carbocycles. The number of carbonyl (C=O) groups is 1. The predicted molar refractivity (Wildman–Crippen MR) is 118 cm³/mol.